The molecule has 0 aromatic heterocycles. The normalized spacial score (nSPS) is 15.9. The Morgan fingerprint density at radius 2 is 0.854 bits per heavy atom. The monoisotopic (exact) mass is 696 g/mol. The minimum absolute atomic E-state index is 0. The molecule has 0 aliphatic heterocycles. The fourth-order valence-corrected chi connectivity index (χ4v) is 3.23. The number of nitrogens with one attached hydrogen (secondary N) is 1. The summed E-state index contributed by atoms with van der Waals surface area (Å²) < 4.78 is 281. The lowest BCUT2D eigenvalue weighted by Gasteiger charge is -2.42. The maximum absolute atomic E-state index is 13.8. The molecule has 41 heavy (non-hydrogen) atoms. The molecule has 0 heterocycles. The molecule has 0 amide bonds. The third-order valence-electron chi connectivity index (χ3n) is 4.33. The molecule has 0 aliphatic rings. The molecule has 0 aromatic carbocycles. The minimum atomic E-state index is -8.83. The van der Waals surface area contributed by atoms with E-state index >= 15 is 0 Å². The summed E-state index contributed by atoms with van der Waals surface area (Å²) in [6.07, 6.45) is -8.37. The highest BCUT2D eigenvalue weighted by Crippen LogP contribution is 2.64. The molecule has 0 saturated carbocycles. The summed E-state index contributed by atoms with van der Waals surface area (Å²) in [5.74, 6) is -51.5. The van der Waals surface area contributed by atoms with E-state index in [9.17, 15) is 83.1 Å². The first-order valence-electron chi connectivity index (χ1n) is 9.38. The minimum Gasteiger partial charge on any atom is -0.759 e. The average molecular weight is 696 g/mol. The number of halogens is 17. The SMILES string of the molecule is C[N+](C)(C)CCCNS(=O)(=O)C(F)(F)C(F)(F)C(F)(F)C(F)(F)C(F)(F)C(F)(F)C(F)(F)C(F)(F)F.O=S(=O)([O-])[O-].[H+]. The van der Waals surface area contributed by atoms with Crippen molar-refractivity contribution in [2.45, 2.75) is 53.4 Å². The van der Waals surface area contributed by atoms with Crippen LogP contribution < -0.4 is 4.72 Å². The van der Waals surface area contributed by atoms with Crippen LogP contribution in [0.2, 0.25) is 0 Å². The Bertz CT molecular complexity index is 1110. The molecule has 0 bridgehead atoms. The number of alkyl halides is 17. The van der Waals surface area contributed by atoms with E-state index in [1.54, 1.807) is 0 Å². The first-order valence-corrected chi connectivity index (χ1v) is 12.2. The fraction of sp³-hybridized carbons (Fsp3) is 1.00. The Balaban J connectivity index is -0.00000232. The standard InChI is InChI=1S/C14H16F17N2O2S.H2O4S/c1-33(2,3)6-4-5-32-36(34,35)14(30,31)12(25,26)10(21,22)8(17,18)7(15,16)9(19,20)11(23,24)13(27,28)29;1-5(2,3)4/h32H,4-6H2,1-3H3;(H2,1,2,3,4)/q+1;/p-1. The number of sulfonamides is 1. The number of nitrogens with zero attached hydrogens (tertiary/aromatic N) is 1. The van der Waals surface area contributed by atoms with Crippen LogP contribution in [0.4, 0.5) is 74.6 Å². The van der Waals surface area contributed by atoms with Gasteiger partial charge in [-0.25, -0.2) is 13.1 Å². The number of hydrogen-bond donors (Lipinski definition) is 1. The molecule has 0 aromatic rings. The highest BCUT2D eigenvalue weighted by Gasteiger charge is 2.96. The second kappa shape index (κ2) is 11.6. The van der Waals surface area contributed by atoms with Gasteiger partial charge in [-0.05, 0) is 0 Å². The molecule has 27 heteroatoms. The van der Waals surface area contributed by atoms with E-state index in [0.717, 1.165) is 0 Å². The third-order valence-corrected chi connectivity index (χ3v) is 5.84. The highest BCUT2D eigenvalue weighted by molar-refractivity contribution is 7.90. The number of quaternary nitrogens is 1. The smallest absolute Gasteiger partial charge is 0.759 e. The summed E-state index contributed by atoms with van der Waals surface area (Å²) in [4.78, 5) is 0. The van der Waals surface area contributed by atoms with Crippen LogP contribution in [0.1, 0.15) is 7.85 Å². The number of rotatable bonds is 12. The van der Waals surface area contributed by atoms with Gasteiger partial charge >= 0.3 is 48.4 Å². The third kappa shape index (κ3) is 8.14. The van der Waals surface area contributed by atoms with Gasteiger partial charge in [0, 0.05) is 23.4 Å². The quantitative estimate of drug-likeness (QED) is 0.109. The first kappa shape index (κ1) is 41.7. The molecule has 0 unspecified atom stereocenters. The van der Waals surface area contributed by atoms with Gasteiger partial charge in [-0.15, -0.1) is 0 Å². The predicted molar refractivity (Wildman–Crippen MR) is 96.7 cm³/mol. The van der Waals surface area contributed by atoms with Crippen molar-refractivity contribution in [2.75, 3.05) is 34.2 Å². The van der Waals surface area contributed by atoms with Crippen LogP contribution >= 0.6 is 0 Å². The lowest BCUT2D eigenvalue weighted by atomic mass is 9.91. The molecule has 0 aliphatic carbocycles. The van der Waals surface area contributed by atoms with Crippen LogP contribution in [0, 0.1) is 0 Å². The van der Waals surface area contributed by atoms with Crippen molar-refractivity contribution in [3.05, 3.63) is 0 Å². The molecule has 0 spiro atoms. The molecule has 0 fully saturated rings. The van der Waals surface area contributed by atoms with Crippen molar-refractivity contribution in [1.82, 2.24) is 4.72 Å². The Kier molecular flexibility index (Phi) is 11.8. The van der Waals surface area contributed by atoms with E-state index in [-0.39, 0.29) is 12.5 Å². The summed E-state index contributed by atoms with van der Waals surface area (Å²) >= 11 is 0. The number of hydrogen-bond acceptors (Lipinski definition) is 6. The summed E-state index contributed by atoms with van der Waals surface area (Å²) in [5.41, 5.74) is 0. The first-order chi connectivity index (χ1) is 17.2. The molecule has 8 nitrogen and oxygen atoms in total. The van der Waals surface area contributed by atoms with Crippen molar-refractivity contribution in [3.8, 4) is 0 Å². The molecular weight excluding hydrogens is 679 g/mol. The van der Waals surface area contributed by atoms with Gasteiger partial charge < -0.3 is 13.6 Å². The lowest BCUT2D eigenvalue weighted by molar-refractivity contribution is -0.870. The summed E-state index contributed by atoms with van der Waals surface area (Å²) in [7, 11) is -8.11. The Labute approximate surface area is 220 Å². The Morgan fingerprint density at radius 3 is 1.12 bits per heavy atom. The van der Waals surface area contributed by atoms with Gasteiger partial charge in [0.1, 0.15) is 0 Å². The fourth-order valence-electron chi connectivity index (χ4n) is 2.17. The predicted octanol–water partition coefficient (Wildman–Crippen LogP) is 3.74. The van der Waals surface area contributed by atoms with Gasteiger partial charge in [0.2, 0.25) is 0 Å². The van der Waals surface area contributed by atoms with Crippen LogP contribution in [-0.2, 0) is 20.4 Å². The molecule has 0 saturated heterocycles. The Hall–Kier alpha value is -1.45. The molecular formula is C14H17F17N2O6S2. The van der Waals surface area contributed by atoms with Gasteiger partial charge in [-0.2, -0.15) is 74.6 Å². The van der Waals surface area contributed by atoms with Crippen LogP contribution in [-0.4, -0.2) is 112 Å². The van der Waals surface area contributed by atoms with Crippen molar-refractivity contribution < 1.29 is 106 Å². The highest BCUT2D eigenvalue weighted by atomic mass is 32.3. The van der Waals surface area contributed by atoms with Gasteiger partial charge in [0.25, 0.3) is 10.0 Å². The van der Waals surface area contributed by atoms with Crippen molar-refractivity contribution in [1.29, 1.82) is 0 Å². The van der Waals surface area contributed by atoms with Crippen LogP contribution in [0.15, 0.2) is 0 Å². The second-order valence-electron chi connectivity index (χ2n) is 8.63. The molecule has 0 atom stereocenters. The summed E-state index contributed by atoms with van der Waals surface area (Å²) in [5, 5.41) is -7.53. The molecule has 0 radical (unpaired) electrons. The van der Waals surface area contributed by atoms with E-state index < -0.39 is 80.4 Å². The topological polar surface area (TPSA) is 126 Å². The Morgan fingerprint density at radius 1 is 0.585 bits per heavy atom. The van der Waals surface area contributed by atoms with Gasteiger partial charge in [0.15, 0.2) is 0 Å². The van der Waals surface area contributed by atoms with Crippen molar-refractivity contribution in [3.63, 3.8) is 0 Å². The summed E-state index contributed by atoms with van der Waals surface area (Å²) in [6.45, 7) is -1.38. The zero-order valence-corrected chi connectivity index (χ0v) is 21.4. The van der Waals surface area contributed by atoms with Crippen LogP contribution in [0.3, 0.4) is 0 Å². The largest absolute Gasteiger partial charge is 1.00 e. The lowest BCUT2D eigenvalue weighted by Crippen LogP contribution is -2.75. The van der Waals surface area contributed by atoms with Gasteiger partial charge in [-0.1, -0.05) is 0 Å². The summed E-state index contributed by atoms with van der Waals surface area (Å²) in [6, 6.07) is 0. The van der Waals surface area contributed by atoms with Crippen LogP contribution in [0.5, 0.6) is 0 Å². The van der Waals surface area contributed by atoms with E-state index in [2.05, 4.69) is 0 Å². The zero-order valence-electron chi connectivity index (χ0n) is 20.8. The van der Waals surface area contributed by atoms with Gasteiger partial charge in [0.05, 0.1) is 27.7 Å². The van der Waals surface area contributed by atoms with Crippen molar-refractivity contribution in [2.24, 2.45) is 0 Å². The maximum Gasteiger partial charge on any atom is 1.00 e. The van der Waals surface area contributed by atoms with E-state index in [1.165, 1.54) is 21.1 Å². The molecule has 0 rings (SSSR count). The molecule has 1 N–H and O–H groups in total. The van der Waals surface area contributed by atoms with E-state index in [1.807, 2.05) is 0 Å². The van der Waals surface area contributed by atoms with Crippen LogP contribution in [0.25, 0.3) is 0 Å². The van der Waals surface area contributed by atoms with Crippen molar-refractivity contribution >= 4 is 20.4 Å². The van der Waals surface area contributed by atoms with E-state index in [4.69, 9.17) is 17.5 Å². The zero-order chi connectivity index (χ0) is 34.3. The van der Waals surface area contributed by atoms with E-state index in [0.29, 0.717) is 4.72 Å². The maximum atomic E-state index is 13.8. The second-order valence-corrected chi connectivity index (χ2v) is 11.3. The average Bonchev–Trinajstić information content (AvgIpc) is 2.67. The molecule has 250 valence electrons. The van der Waals surface area contributed by atoms with Gasteiger partial charge in [-0.3, -0.25) is 8.42 Å².